The van der Waals surface area contributed by atoms with Gasteiger partial charge in [0.05, 0.1) is 11.4 Å². The minimum Gasteiger partial charge on any atom is -0.348 e. The van der Waals surface area contributed by atoms with Crippen LogP contribution >= 0.6 is 0 Å². The zero-order chi connectivity index (χ0) is 13.1. The molecular formula is C15H18N4. The van der Waals surface area contributed by atoms with Crippen LogP contribution in [0.25, 0.3) is 0 Å². The molecule has 0 fully saturated rings. The summed E-state index contributed by atoms with van der Waals surface area (Å²) in [6.07, 6.45) is 5.58. The summed E-state index contributed by atoms with van der Waals surface area (Å²) in [5, 5.41) is 6.88. The molecule has 1 unspecified atom stereocenters. The third-order valence-electron chi connectivity index (χ3n) is 3.56. The van der Waals surface area contributed by atoms with Crippen molar-refractivity contribution in [3.8, 4) is 0 Å². The second kappa shape index (κ2) is 5.26. The Labute approximate surface area is 113 Å². The predicted molar refractivity (Wildman–Crippen MR) is 77.3 cm³/mol. The molecule has 4 heteroatoms. The summed E-state index contributed by atoms with van der Waals surface area (Å²) < 4.78 is 0. The van der Waals surface area contributed by atoms with Gasteiger partial charge < -0.3 is 4.98 Å². The Kier molecular flexibility index (Phi) is 3.31. The maximum absolute atomic E-state index is 4.78. The van der Waals surface area contributed by atoms with Crippen molar-refractivity contribution in [2.75, 3.05) is 11.6 Å². The van der Waals surface area contributed by atoms with Crippen molar-refractivity contribution in [3.63, 3.8) is 0 Å². The minimum atomic E-state index is 0.519. The van der Waals surface area contributed by atoms with Gasteiger partial charge in [-0.15, -0.1) is 0 Å². The number of hydrogen-bond donors (Lipinski definition) is 1. The number of para-hydroxylation sites is 1. The number of hydrazone groups is 1. The standard InChI is InChI=1S/C15H18N4/c1-2-12-11-19(13-6-4-3-5-7-13)18-14(12)10-15-16-8-9-17-15/h3-9,12H,2,10-11H2,1H3,(H,16,17). The lowest BCUT2D eigenvalue weighted by Crippen LogP contribution is -2.19. The molecule has 0 radical (unpaired) electrons. The van der Waals surface area contributed by atoms with Crippen molar-refractivity contribution in [2.45, 2.75) is 19.8 Å². The second-order valence-electron chi connectivity index (χ2n) is 4.83. The van der Waals surface area contributed by atoms with Gasteiger partial charge in [-0.05, 0) is 18.6 Å². The molecule has 1 aliphatic rings. The first-order chi connectivity index (χ1) is 9.36. The molecular weight excluding hydrogens is 236 g/mol. The third kappa shape index (κ3) is 2.52. The highest BCUT2D eigenvalue weighted by molar-refractivity contribution is 5.91. The molecule has 1 N–H and O–H groups in total. The Bertz CT molecular complexity index is 545. The molecule has 0 amide bonds. The molecule has 2 aromatic rings. The van der Waals surface area contributed by atoms with E-state index in [0.29, 0.717) is 5.92 Å². The molecule has 19 heavy (non-hydrogen) atoms. The highest BCUT2D eigenvalue weighted by Crippen LogP contribution is 2.24. The Balaban J connectivity index is 1.81. The topological polar surface area (TPSA) is 44.3 Å². The molecule has 1 aromatic carbocycles. The molecule has 0 saturated carbocycles. The number of aromatic nitrogens is 2. The molecule has 1 aromatic heterocycles. The SMILES string of the molecule is CCC1CN(c2ccccc2)N=C1Cc1ncc[nH]1. The third-order valence-corrected chi connectivity index (χ3v) is 3.56. The molecule has 3 rings (SSSR count). The highest BCUT2D eigenvalue weighted by Gasteiger charge is 2.26. The van der Waals surface area contributed by atoms with Gasteiger partial charge in [-0.1, -0.05) is 25.1 Å². The number of hydrogen-bond acceptors (Lipinski definition) is 3. The van der Waals surface area contributed by atoms with Gasteiger partial charge in [0.1, 0.15) is 5.82 Å². The Morgan fingerprint density at radius 2 is 2.16 bits per heavy atom. The first-order valence-corrected chi connectivity index (χ1v) is 6.75. The van der Waals surface area contributed by atoms with Crippen molar-refractivity contribution in [2.24, 2.45) is 11.0 Å². The number of benzene rings is 1. The maximum Gasteiger partial charge on any atom is 0.111 e. The number of rotatable bonds is 4. The van der Waals surface area contributed by atoms with Crippen LogP contribution < -0.4 is 5.01 Å². The van der Waals surface area contributed by atoms with E-state index >= 15 is 0 Å². The van der Waals surface area contributed by atoms with E-state index in [1.54, 1.807) is 6.20 Å². The van der Waals surface area contributed by atoms with Crippen molar-refractivity contribution < 1.29 is 0 Å². The number of aromatic amines is 1. The number of H-pyrrole nitrogens is 1. The lowest BCUT2D eigenvalue weighted by Gasteiger charge is -2.14. The summed E-state index contributed by atoms with van der Waals surface area (Å²) in [5.41, 5.74) is 2.39. The summed E-state index contributed by atoms with van der Waals surface area (Å²) >= 11 is 0. The first kappa shape index (κ1) is 12.0. The van der Waals surface area contributed by atoms with Crippen molar-refractivity contribution in [3.05, 3.63) is 48.5 Å². The van der Waals surface area contributed by atoms with Crippen molar-refractivity contribution in [1.29, 1.82) is 0 Å². The van der Waals surface area contributed by atoms with Crippen LogP contribution in [-0.4, -0.2) is 22.2 Å². The summed E-state index contributed by atoms with van der Waals surface area (Å²) in [5.74, 6) is 1.51. The Hall–Kier alpha value is -2.10. The minimum absolute atomic E-state index is 0.519. The number of nitrogens with zero attached hydrogens (tertiary/aromatic N) is 3. The van der Waals surface area contributed by atoms with Gasteiger partial charge in [0.25, 0.3) is 0 Å². The van der Waals surface area contributed by atoms with Gasteiger partial charge in [0, 0.05) is 31.3 Å². The van der Waals surface area contributed by atoms with E-state index in [9.17, 15) is 0 Å². The van der Waals surface area contributed by atoms with Crippen LogP contribution in [0.5, 0.6) is 0 Å². The molecule has 0 saturated heterocycles. The maximum atomic E-state index is 4.78. The molecule has 0 aliphatic carbocycles. The van der Waals surface area contributed by atoms with Crippen LogP contribution in [0.1, 0.15) is 19.2 Å². The summed E-state index contributed by atoms with van der Waals surface area (Å²) in [6, 6.07) is 10.3. The second-order valence-corrected chi connectivity index (χ2v) is 4.83. The average molecular weight is 254 g/mol. The van der Waals surface area contributed by atoms with Gasteiger partial charge >= 0.3 is 0 Å². The van der Waals surface area contributed by atoms with E-state index < -0.39 is 0 Å². The quantitative estimate of drug-likeness (QED) is 0.911. The first-order valence-electron chi connectivity index (χ1n) is 6.75. The van der Waals surface area contributed by atoms with Gasteiger partial charge in [0.2, 0.25) is 0 Å². The lowest BCUT2D eigenvalue weighted by molar-refractivity contribution is 0.677. The van der Waals surface area contributed by atoms with E-state index in [-0.39, 0.29) is 0 Å². The monoisotopic (exact) mass is 254 g/mol. The molecule has 98 valence electrons. The molecule has 1 atom stereocenters. The fourth-order valence-corrected chi connectivity index (χ4v) is 2.47. The van der Waals surface area contributed by atoms with Crippen molar-refractivity contribution >= 4 is 11.4 Å². The fourth-order valence-electron chi connectivity index (χ4n) is 2.47. The smallest absolute Gasteiger partial charge is 0.111 e. The van der Waals surface area contributed by atoms with Crippen LogP contribution in [0.3, 0.4) is 0 Å². The van der Waals surface area contributed by atoms with Crippen LogP contribution in [0.15, 0.2) is 47.8 Å². The fraction of sp³-hybridized carbons (Fsp3) is 0.333. The van der Waals surface area contributed by atoms with E-state index in [4.69, 9.17) is 5.10 Å². The van der Waals surface area contributed by atoms with Gasteiger partial charge in [-0.3, -0.25) is 5.01 Å². The van der Waals surface area contributed by atoms with Crippen LogP contribution in [0, 0.1) is 5.92 Å². The summed E-state index contributed by atoms with van der Waals surface area (Å²) in [7, 11) is 0. The largest absolute Gasteiger partial charge is 0.348 e. The zero-order valence-corrected chi connectivity index (χ0v) is 11.1. The molecule has 0 bridgehead atoms. The van der Waals surface area contributed by atoms with Gasteiger partial charge in [-0.25, -0.2) is 4.98 Å². The van der Waals surface area contributed by atoms with E-state index in [0.717, 1.165) is 30.9 Å². The number of imidazole rings is 1. The summed E-state index contributed by atoms with van der Waals surface area (Å²) in [4.78, 5) is 7.44. The van der Waals surface area contributed by atoms with E-state index in [2.05, 4.69) is 46.2 Å². The Morgan fingerprint density at radius 1 is 1.32 bits per heavy atom. The van der Waals surface area contributed by atoms with Gasteiger partial charge in [0.15, 0.2) is 0 Å². The molecule has 0 spiro atoms. The molecule has 2 heterocycles. The van der Waals surface area contributed by atoms with E-state index in [1.165, 1.54) is 5.71 Å². The number of nitrogens with one attached hydrogen (secondary N) is 1. The average Bonchev–Trinajstić information content (AvgIpc) is 3.10. The molecule has 1 aliphatic heterocycles. The van der Waals surface area contributed by atoms with Crippen LogP contribution in [0.4, 0.5) is 5.69 Å². The van der Waals surface area contributed by atoms with Gasteiger partial charge in [-0.2, -0.15) is 5.10 Å². The normalized spacial score (nSPS) is 18.7. The zero-order valence-electron chi connectivity index (χ0n) is 11.1. The van der Waals surface area contributed by atoms with E-state index in [1.807, 2.05) is 12.3 Å². The van der Waals surface area contributed by atoms with Crippen LogP contribution in [0.2, 0.25) is 0 Å². The summed E-state index contributed by atoms with van der Waals surface area (Å²) in [6.45, 7) is 3.19. The van der Waals surface area contributed by atoms with Crippen LogP contribution in [-0.2, 0) is 6.42 Å². The molecule has 4 nitrogen and oxygen atoms in total. The lowest BCUT2D eigenvalue weighted by atomic mass is 9.99. The Morgan fingerprint density at radius 3 is 2.84 bits per heavy atom. The number of anilines is 1. The van der Waals surface area contributed by atoms with Crippen molar-refractivity contribution in [1.82, 2.24) is 9.97 Å². The highest BCUT2D eigenvalue weighted by atomic mass is 15.5. The predicted octanol–water partition coefficient (Wildman–Crippen LogP) is 2.85.